The van der Waals surface area contributed by atoms with Gasteiger partial charge in [-0.1, -0.05) is 0 Å². The Hall–Kier alpha value is -1.92. The molecule has 0 bridgehead atoms. The van der Waals surface area contributed by atoms with Gasteiger partial charge in [0.2, 0.25) is 0 Å². The first-order valence-electron chi connectivity index (χ1n) is 6.89. The Balaban J connectivity index is 1.90. The van der Waals surface area contributed by atoms with Crippen LogP contribution in [0.1, 0.15) is 6.42 Å². The van der Waals surface area contributed by atoms with Crippen LogP contribution in [0.4, 0.5) is 4.39 Å². The zero-order chi connectivity index (χ0) is 14.9. The maximum absolute atomic E-state index is 13.8. The molecule has 112 valence electrons. The molecule has 0 radical (unpaired) electrons. The maximum atomic E-state index is 13.8. The quantitative estimate of drug-likeness (QED) is 0.894. The molecular weight excluding hydrogens is 273 g/mol. The second-order valence-electron chi connectivity index (χ2n) is 5.38. The highest BCUT2D eigenvalue weighted by Crippen LogP contribution is 2.26. The van der Waals surface area contributed by atoms with Gasteiger partial charge in [0, 0.05) is 24.5 Å². The van der Waals surface area contributed by atoms with Gasteiger partial charge in [0.25, 0.3) is 0 Å². The van der Waals surface area contributed by atoms with Gasteiger partial charge in [-0.05, 0) is 31.2 Å². The number of halogens is 1. The van der Waals surface area contributed by atoms with E-state index in [0.717, 1.165) is 6.54 Å². The van der Waals surface area contributed by atoms with Crippen LogP contribution in [0, 0.1) is 5.82 Å². The highest BCUT2D eigenvalue weighted by Gasteiger charge is 2.32. The summed E-state index contributed by atoms with van der Waals surface area (Å²) < 4.78 is 20.6. The van der Waals surface area contributed by atoms with E-state index in [1.54, 1.807) is 24.5 Å². The molecule has 1 aromatic heterocycles. The van der Waals surface area contributed by atoms with Crippen molar-refractivity contribution >= 4 is 0 Å². The number of hydrogen-bond acceptors (Lipinski definition) is 4. The Labute approximate surface area is 122 Å². The maximum Gasteiger partial charge on any atom is 0.165 e. The fourth-order valence-electron chi connectivity index (χ4n) is 2.69. The van der Waals surface area contributed by atoms with E-state index in [-0.39, 0.29) is 5.75 Å². The van der Waals surface area contributed by atoms with E-state index < -0.39 is 11.4 Å². The van der Waals surface area contributed by atoms with Gasteiger partial charge >= 0.3 is 0 Å². The number of ether oxygens (including phenoxy) is 1. The van der Waals surface area contributed by atoms with Crippen molar-refractivity contribution in [2.45, 2.75) is 18.6 Å². The lowest BCUT2D eigenvalue weighted by molar-refractivity contribution is 0.0436. The normalized spacial score (nSPS) is 21.7. The topological polar surface area (TPSA) is 59.3 Å². The van der Waals surface area contributed by atoms with E-state index >= 15 is 0 Å². The lowest BCUT2D eigenvalue weighted by Crippen LogP contribution is -2.36. The van der Waals surface area contributed by atoms with Crippen molar-refractivity contribution in [3.63, 3.8) is 0 Å². The summed E-state index contributed by atoms with van der Waals surface area (Å²) in [6.07, 6.45) is 4.15. The standard InChI is InChI=1S/C15H18FN3O2/c1-21-13-3-2-11(8-12(13)16)14-18-6-7-19(14)10-15(20)4-5-17-9-15/h2-3,6-8,17,20H,4-5,9-10H2,1H3. The van der Waals surface area contributed by atoms with Gasteiger partial charge in [-0.3, -0.25) is 0 Å². The number of hydrogen-bond donors (Lipinski definition) is 2. The third-order valence-corrected chi connectivity index (χ3v) is 3.81. The molecule has 2 aromatic rings. The first kappa shape index (κ1) is 14.0. The Morgan fingerprint density at radius 2 is 2.38 bits per heavy atom. The van der Waals surface area contributed by atoms with Crippen molar-refractivity contribution in [2.75, 3.05) is 20.2 Å². The number of imidazole rings is 1. The average molecular weight is 291 g/mol. The second kappa shape index (κ2) is 5.46. The molecule has 1 atom stereocenters. The van der Waals surface area contributed by atoms with Crippen LogP contribution < -0.4 is 10.1 Å². The van der Waals surface area contributed by atoms with E-state index in [1.807, 2.05) is 4.57 Å². The van der Waals surface area contributed by atoms with Gasteiger partial charge < -0.3 is 19.7 Å². The molecule has 5 nitrogen and oxygen atoms in total. The molecule has 1 saturated heterocycles. The zero-order valence-corrected chi connectivity index (χ0v) is 11.8. The molecule has 1 aliphatic heterocycles. The summed E-state index contributed by atoms with van der Waals surface area (Å²) in [6, 6.07) is 4.74. The van der Waals surface area contributed by atoms with E-state index in [9.17, 15) is 9.50 Å². The minimum Gasteiger partial charge on any atom is -0.494 e. The van der Waals surface area contributed by atoms with Gasteiger partial charge in [0.05, 0.1) is 19.3 Å². The number of benzene rings is 1. The fraction of sp³-hybridized carbons (Fsp3) is 0.400. The Kier molecular flexibility index (Phi) is 3.65. The summed E-state index contributed by atoms with van der Waals surface area (Å²) in [4.78, 5) is 4.28. The lowest BCUT2D eigenvalue weighted by Gasteiger charge is -2.23. The molecule has 0 aliphatic carbocycles. The molecule has 1 aromatic carbocycles. The van der Waals surface area contributed by atoms with Gasteiger partial charge in [0.1, 0.15) is 5.82 Å². The highest BCUT2D eigenvalue weighted by atomic mass is 19.1. The molecule has 0 spiro atoms. The molecule has 0 saturated carbocycles. The van der Waals surface area contributed by atoms with E-state index in [4.69, 9.17) is 4.74 Å². The molecule has 2 heterocycles. The first-order chi connectivity index (χ1) is 10.1. The van der Waals surface area contributed by atoms with E-state index in [1.165, 1.54) is 13.2 Å². The van der Waals surface area contributed by atoms with Crippen molar-refractivity contribution < 1.29 is 14.2 Å². The summed E-state index contributed by atoms with van der Waals surface area (Å²) in [5.74, 6) is 0.415. The van der Waals surface area contributed by atoms with Crippen LogP contribution in [0.15, 0.2) is 30.6 Å². The predicted molar refractivity (Wildman–Crippen MR) is 76.6 cm³/mol. The molecule has 1 fully saturated rings. The van der Waals surface area contributed by atoms with Crippen LogP contribution in [0.2, 0.25) is 0 Å². The predicted octanol–water partition coefficient (Wildman–Crippen LogP) is 1.42. The average Bonchev–Trinajstić information content (AvgIpc) is 3.08. The SMILES string of the molecule is COc1ccc(-c2nccn2CC2(O)CCNC2)cc1F. The molecular formula is C15H18FN3O2. The first-order valence-corrected chi connectivity index (χ1v) is 6.89. The van der Waals surface area contributed by atoms with Crippen LogP contribution in [-0.4, -0.2) is 40.5 Å². The van der Waals surface area contributed by atoms with Crippen molar-refractivity contribution in [3.05, 3.63) is 36.4 Å². The Morgan fingerprint density at radius 1 is 1.52 bits per heavy atom. The molecule has 3 rings (SSSR count). The van der Waals surface area contributed by atoms with Crippen molar-refractivity contribution in [2.24, 2.45) is 0 Å². The summed E-state index contributed by atoms with van der Waals surface area (Å²) >= 11 is 0. The van der Waals surface area contributed by atoms with Crippen LogP contribution >= 0.6 is 0 Å². The van der Waals surface area contributed by atoms with Crippen molar-refractivity contribution in [3.8, 4) is 17.1 Å². The molecule has 0 amide bonds. The monoisotopic (exact) mass is 291 g/mol. The third-order valence-electron chi connectivity index (χ3n) is 3.81. The van der Waals surface area contributed by atoms with Crippen LogP contribution in [0.25, 0.3) is 11.4 Å². The second-order valence-corrected chi connectivity index (χ2v) is 5.38. The molecule has 1 aliphatic rings. The fourth-order valence-corrected chi connectivity index (χ4v) is 2.69. The molecule has 1 unspecified atom stereocenters. The zero-order valence-electron chi connectivity index (χ0n) is 11.8. The van der Waals surface area contributed by atoms with Gasteiger partial charge in [0.15, 0.2) is 11.6 Å². The number of methoxy groups -OCH3 is 1. The lowest BCUT2D eigenvalue weighted by atomic mass is 10.0. The van der Waals surface area contributed by atoms with Crippen LogP contribution in [0.5, 0.6) is 5.75 Å². The Bertz CT molecular complexity index is 636. The molecule has 21 heavy (non-hydrogen) atoms. The van der Waals surface area contributed by atoms with Crippen LogP contribution in [-0.2, 0) is 6.54 Å². The highest BCUT2D eigenvalue weighted by molar-refractivity contribution is 5.57. The van der Waals surface area contributed by atoms with Crippen molar-refractivity contribution in [1.29, 1.82) is 0 Å². The molecule has 6 heteroatoms. The summed E-state index contributed by atoms with van der Waals surface area (Å²) in [5.41, 5.74) is -0.117. The Morgan fingerprint density at radius 3 is 3.05 bits per heavy atom. The van der Waals surface area contributed by atoms with E-state index in [0.29, 0.717) is 30.9 Å². The minimum atomic E-state index is -0.777. The van der Waals surface area contributed by atoms with Gasteiger partial charge in [-0.25, -0.2) is 9.37 Å². The van der Waals surface area contributed by atoms with Gasteiger partial charge in [-0.15, -0.1) is 0 Å². The van der Waals surface area contributed by atoms with E-state index in [2.05, 4.69) is 10.3 Å². The molecule has 2 N–H and O–H groups in total. The van der Waals surface area contributed by atoms with Gasteiger partial charge in [-0.2, -0.15) is 0 Å². The number of aromatic nitrogens is 2. The number of rotatable bonds is 4. The smallest absolute Gasteiger partial charge is 0.165 e. The third kappa shape index (κ3) is 2.77. The number of nitrogens with one attached hydrogen (secondary N) is 1. The van der Waals surface area contributed by atoms with Crippen molar-refractivity contribution in [1.82, 2.24) is 14.9 Å². The number of nitrogens with zero attached hydrogens (tertiary/aromatic N) is 2. The summed E-state index contributed by atoms with van der Waals surface area (Å²) in [6.45, 7) is 1.79. The number of aliphatic hydroxyl groups is 1. The summed E-state index contributed by atoms with van der Waals surface area (Å²) in [5, 5.41) is 13.6. The number of β-amino-alcohol motifs (C(OH)–C–C–N with tert-alkyl or cyclic N) is 1. The largest absolute Gasteiger partial charge is 0.494 e. The van der Waals surface area contributed by atoms with Crippen LogP contribution in [0.3, 0.4) is 0 Å². The minimum absolute atomic E-state index is 0.204. The summed E-state index contributed by atoms with van der Waals surface area (Å²) in [7, 11) is 1.43.